The van der Waals surface area contributed by atoms with Gasteiger partial charge < -0.3 is 15.4 Å². The van der Waals surface area contributed by atoms with Crippen molar-refractivity contribution in [2.24, 2.45) is 5.73 Å². The lowest BCUT2D eigenvalue weighted by Crippen LogP contribution is -2.30. The molecule has 0 saturated heterocycles. The van der Waals surface area contributed by atoms with Gasteiger partial charge in [0.1, 0.15) is 0 Å². The van der Waals surface area contributed by atoms with E-state index in [-0.39, 0.29) is 0 Å². The maximum atomic E-state index is 5.79. The number of nitrogens with two attached hydrogens (primary N) is 1. The maximum Gasteiger partial charge on any atom is 0.0637 e. The molecule has 0 aromatic carbocycles. The van der Waals surface area contributed by atoms with Crippen LogP contribution in [0.25, 0.3) is 0 Å². The normalized spacial score (nSPS) is 15.0. The Labute approximate surface area is 103 Å². The van der Waals surface area contributed by atoms with E-state index in [1.807, 2.05) is 13.1 Å². The van der Waals surface area contributed by atoms with Gasteiger partial charge in [-0.15, -0.1) is 0 Å². The van der Waals surface area contributed by atoms with Crippen LogP contribution in [0.4, 0.5) is 5.69 Å². The Morgan fingerprint density at radius 2 is 2.29 bits per heavy atom. The van der Waals surface area contributed by atoms with Crippen molar-refractivity contribution in [1.82, 2.24) is 4.98 Å². The van der Waals surface area contributed by atoms with E-state index in [4.69, 9.17) is 10.5 Å². The third-order valence-corrected chi connectivity index (χ3v) is 3.15. The summed E-state index contributed by atoms with van der Waals surface area (Å²) in [6.45, 7) is 4.24. The molecule has 0 radical (unpaired) electrons. The summed E-state index contributed by atoms with van der Waals surface area (Å²) in [5.41, 5.74) is 9.19. The molecular formula is C13H21N3O. The Morgan fingerprint density at radius 1 is 1.53 bits per heavy atom. The minimum atomic E-state index is 0.540. The van der Waals surface area contributed by atoms with Gasteiger partial charge in [-0.2, -0.15) is 0 Å². The number of aromatic nitrogens is 1. The van der Waals surface area contributed by atoms with E-state index in [1.165, 1.54) is 18.5 Å². The highest BCUT2D eigenvalue weighted by Crippen LogP contribution is 2.33. The molecule has 17 heavy (non-hydrogen) atoms. The minimum Gasteiger partial charge on any atom is -0.383 e. The summed E-state index contributed by atoms with van der Waals surface area (Å²) < 4.78 is 5.19. The maximum absolute atomic E-state index is 5.79. The van der Waals surface area contributed by atoms with Gasteiger partial charge in [0.25, 0.3) is 0 Å². The number of pyridine rings is 1. The Morgan fingerprint density at radius 3 is 2.88 bits per heavy atom. The standard InChI is InChI=1S/C13H21N3O/c1-10-7-13(11(8-14)9-15-10)16(5-6-17-2)12-3-4-12/h7,9,12H,3-6,8,14H2,1-2H3. The first kappa shape index (κ1) is 12.3. The molecule has 0 spiro atoms. The number of ether oxygens (including phenoxy) is 1. The predicted molar refractivity (Wildman–Crippen MR) is 69.1 cm³/mol. The second-order valence-corrected chi connectivity index (χ2v) is 4.58. The van der Waals surface area contributed by atoms with Crippen LogP contribution in [0.5, 0.6) is 0 Å². The lowest BCUT2D eigenvalue weighted by atomic mass is 10.2. The van der Waals surface area contributed by atoms with Gasteiger partial charge >= 0.3 is 0 Å². The van der Waals surface area contributed by atoms with Gasteiger partial charge in [0.15, 0.2) is 0 Å². The highest BCUT2D eigenvalue weighted by atomic mass is 16.5. The van der Waals surface area contributed by atoms with Gasteiger partial charge in [-0.1, -0.05) is 0 Å². The van der Waals surface area contributed by atoms with Crippen LogP contribution in [0.15, 0.2) is 12.3 Å². The van der Waals surface area contributed by atoms with Crippen LogP contribution < -0.4 is 10.6 Å². The lowest BCUT2D eigenvalue weighted by molar-refractivity contribution is 0.205. The first-order valence-corrected chi connectivity index (χ1v) is 6.17. The van der Waals surface area contributed by atoms with Crippen LogP contribution >= 0.6 is 0 Å². The molecule has 0 aliphatic heterocycles. The Bertz CT molecular complexity index is 377. The number of aryl methyl sites for hydroxylation is 1. The molecule has 1 heterocycles. The summed E-state index contributed by atoms with van der Waals surface area (Å²) in [6, 6.07) is 2.80. The molecule has 94 valence electrons. The number of hydrogen-bond acceptors (Lipinski definition) is 4. The number of anilines is 1. The fourth-order valence-electron chi connectivity index (χ4n) is 2.07. The van der Waals surface area contributed by atoms with E-state index in [0.29, 0.717) is 12.6 Å². The molecule has 0 bridgehead atoms. The van der Waals surface area contributed by atoms with Crippen molar-refractivity contribution in [2.45, 2.75) is 32.4 Å². The number of methoxy groups -OCH3 is 1. The van der Waals surface area contributed by atoms with E-state index in [2.05, 4.69) is 16.0 Å². The van der Waals surface area contributed by atoms with Crippen molar-refractivity contribution in [3.63, 3.8) is 0 Å². The van der Waals surface area contributed by atoms with Gasteiger partial charge in [0.2, 0.25) is 0 Å². The molecule has 2 rings (SSSR count). The largest absolute Gasteiger partial charge is 0.383 e. The molecule has 4 nitrogen and oxygen atoms in total. The van der Waals surface area contributed by atoms with E-state index in [9.17, 15) is 0 Å². The quantitative estimate of drug-likeness (QED) is 0.811. The Kier molecular flexibility index (Phi) is 3.97. The Balaban J connectivity index is 2.23. The van der Waals surface area contributed by atoms with Gasteiger partial charge in [0, 0.05) is 49.4 Å². The third-order valence-electron chi connectivity index (χ3n) is 3.15. The van der Waals surface area contributed by atoms with Crippen molar-refractivity contribution < 1.29 is 4.74 Å². The fraction of sp³-hybridized carbons (Fsp3) is 0.615. The summed E-state index contributed by atoms with van der Waals surface area (Å²) in [7, 11) is 1.74. The van der Waals surface area contributed by atoms with Crippen molar-refractivity contribution >= 4 is 5.69 Å². The van der Waals surface area contributed by atoms with Crippen LogP contribution in [0.2, 0.25) is 0 Å². The highest BCUT2D eigenvalue weighted by Gasteiger charge is 2.30. The molecule has 1 aromatic rings. The fourth-order valence-corrected chi connectivity index (χ4v) is 2.07. The molecule has 2 N–H and O–H groups in total. The van der Waals surface area contributed by atoms with Gasteiger partial charge in [0.05, 0.1) is 6.61 Å². The summed E-state index contributed by atoms with van der Waals surface area (Å²) in [5, 5.41) is 0. The van der Waals surface area contributed by atoms with Gasteiger partial charge in [-0.25, -0.2) is 0 Å². The lowest BCUT2D eigenvalue weighted by Gasteiger charge is -2.26. The molecular weight excluding hydrogens is 214 g/mol. The van der Waals surface area contributed by atoms with Gasteiger partial charge in [-0.3, -0.25) is 4.98 Å². The molecule has 4 heteroatoms. The summed E-state index contributed by atoms with van der Waals surface area (Å²) >= 11 is 0. The molecule has 1 aliphatic carbocycles. The number of hydrogen-bond donors (Lipinski definition) is 1. The molecule has 1 saturated carbocycles. The van der Waals surface area contributed by atoms with Gasteiger partial charge in [-0.05, 0) is 25.8 Å². The minimum absolute atomic E-state index is 0.540. The van der Waals surface area contributed by atoms with Crippen LogP contribution in [-0.4, -0.2) is 31.3 Å². The van der Waals surface area contributed by atoms with E-state index in [1.54, 1.807) is 7.11 Å². The monoisotopic (exact) mass is 235 g/mol. The summed E-state index contributed by atoms with van der Waals surface area (Å²) in [4.78, 5) is 6.73. The zero-order valence-corrected chi connectivity index (χ0v) is 10.6. The van der Waals surface area contributed by atoms with E-state index in [0.717, 1.165) is 24.4 Å². The smallest absolute Gasteiger partial charge is 0.0637 e. The average molecular weight is 235 g/mol. The summed E-state index contributed by atoms with van der Waals surface area (Å²) in [6.07, 6.45) is 4.44. The van der Waals surface area contributed by atoms with E-state index >= 15 is 0 Å². The SMILES string of the molecule is COCCN(c1cc(C)ncc1CN)C1CC1. The first-order valence-electron chi connectivity index (χ1n) is 6.17. The molecule has 0 unspecified atom stereocenters. The van der Waals surface area contributed by atoms with Crippen LogP contribution in [0.3, 0.4) is 0 Å². The van der Waals surface area contributed by atoms with Crippen LogP contribution in [-0.2, 0) is 11.3 Å². The highest BCUT2D eigenvalue weighted by molar-refractivity contribution is 5.55. The van der Waals surface area contributed by atoms with Crippen molar-refractivity contribution in [2.75, 3.05) is 25.2 Å². The second kappa shape index (κ2) is 5.47. The average Bonchev–Trinajstić information content (AvgIpc) is 3.14. The zero-order chi connectivity index (χ0) is 12.3. The molecule has 1 aliphatic rings. The molecule has 0 amide bonds. The topological polar surface area (TPSA) is 51.4 Å². The predicted octanol–water partition coefficient (Wildman–Crippen LogP) is 1.46. The molecule has 1 fully saturated rings. The number of rotatable bonds is 6. The van der Waals surface area contributed by atoms with Crippen molar-refractivity contribution in [1.29, 1.82) is 0 Å². The van der Waals surface area contributed by atoms with Crippen LogP contribution in [0.1, 0.15) is 24.1 Å². The summed E-state index contributed by atoms with van der Waals surface area (Å²) in [5.74, 6) is 0. The zero-order valence-electron chi connectivity index (χ0n) is 10.6. The van der Waals surface area contributed by atoms with Crippen molar-refractivity contribution in [3.8, 4) is 0 Å². The van der Waals surface area contributed by atoms with Crippen LogP contribution in [0, 0.1) is 6.92 Å². The first-order chi connectivity index (χ1) is 8.26. The Hall–Kier alpha value is -1.13. The second-order valence-electron chi connectivity index (χ2n) is 4.58. The third kappa shape index (κ3) is 2.96. The van der Waals surface area contributed by atoms with E-state index < -0.39 is 0 Å². The molecule has 0 atom stereocenters. The molecule has 1 aromatic heterocycles. The van der Waals surface area contributed by atoms with Crippen molar-refractivity contribution in [3.05, 3.63) is 23.5 Å². The number of nitrogens with zero attached hydrogens (tertiary/aromatic N) is 2.